The first-order chi connectivity index (χ1) is 22.1. The molecule has 3 heterocycles. The minimum absolute atomic E-state index is 0.0200. The Labute approximate surface area is 275 Å². The van der Waals surface area contributed by atoms with Crippen molar-refractivity contribution in [2.24, 2.45) is 23.2 Å². The molecule has 1 unspecified atom stereocenters. The molecule has 1 saturated heterocycles. The molecule has 3 aliphatic rings. The number of nitrogens with one attached hydrogen (secondary N) is 1. The van der Waals surface area contributed by atoms with Gasteiger partial charge in [0.1, 0.15) is 0 Å². The summed E-state index contributed by atoms with van der Waals surface area (Å²) in [5.41, 5.74) is 5.20. The average Bonchev–Trinajstić information content (AvgIpc) is 2.99. The van der Waals surface area contributed by atoms with Gasteiger partial charge >= 0.3 is 0 Å². The first-order valence-corrected chi connectivity index (χ1v) is 18.6. The highest BCUT2D eigenvalue weighted by atomic mass is 32.2. The monoisotopic (exact) mass is 646 g/mol. The van der Waals surface area contributed by atoms with Crippen molar-refractivity contribution in [2.75, 3.05) is 44.2 Å². The molecule has 1 spiro atoms. The fourth-order valence-corrected chi connectivity index (χ4v) is 9.31. The van der Waals surface area contributed by atoms with Crippen molar-refractivity contribution in [3.63, 3.8) is 0 Å². The number of piperidine rings is 1. The summed E-state index contributed by atoms with van der Waals surface area (Å²) < 4.78 is 42.5. The standard InChI is InChI=1S/C37H50N4O4S/c1-6-44-18-17-41-15-13-37(14-16-41)22-30(23-37)35-28-11-8-12-31(20-28)46(42,43)40-36-38-32(34-26(4)9-7-10-27(34)5)21-33(39-36)45-24-29(35)19-25(2)3/h7-12,20-21,25,29-30,35H,6,13-19,22-24H2,1-5H3,(H,38,39,40)/t29-,35?/m1/s1. The van der Waals surface area contributed by atoms with Crippen molar-refractivity contribution < 1.29 is 17.9 Å². The van der Waals surface area contributed by atoms with Crippen molar-refractivity contribution in [3.05, 3.63) is 65.2 Å². The fourth-order valence-electron chi connectivity index (χ4n) is 8.31. The lowest BCUT2D eigenvalue weighted by Crippen LogP contribution is -2.50. The van der Waals surface area contributed by atoms with E-state index in [9.17, 15) is 8.42 Å². The Balaban J connectivity index is 1.33. The minimum Gasteiger partial charge on any atom is -0.477 e. The van der Waals surface area contributed by atoms with E-state index in [1.165, 1.54) is 25.7 Å². The van der Waals surface area contributed by atoms with E-state index in [1.807, 2.05) is 50.2 Å². The zero-order chi connectivity index (χ0) is 32.5. The molecule has 4 bridgehead atoms. The maximum Gasteiger partial charge on any atom is 0.264 e. The number of hydrogen-bond donors (Lipinski definition) is 1. The average molecular weight is 647 g/mol. The van der Waals surface area contributed by atoms with Gasteiger partial charge in [-0.2, -0.15) is 4.98 Å². The van der Waals surface area contributed by atoms with Crippen LogP contribution in [0, 0.1) is 37.0 Å². The molecule has 9 heteroatoms. The van der Waals surface area contributed by atoms with Crippen molar-refractivity contribution >= 4 is 16.0 Å². The number of ether oxygens (including phenoxy) is 2. The summed E-state index contributed by atoms with van der Waals surface area (Å²) in [4.78, 5) is 12.0. The van der Waals surface area contributed by atoms with Gasteiger partial charge in [0.15, 0.2) is 0 Å². The van der Waals surface area contributed by atoms with Gasteiger partial charge in [0, 0.05) is 30.7 Å². The molecule has 6 rings (SSSR count). The molecule has 2 fully saturated rings. The quantitative estimate of drug-likeness (QED) is 0.258. The van der Waals surface area contributed by atoms with Gasteiger partial charge in [-0.3, -0.25) is 0 Å². The Morgan fingerprint density at radius 2 is 1.76 bits per heavy atom. The SMILES string of the molecule is CCOCCN1CCC2(CC1)CC(C1c3cccc(c3)S(=O)(=O)Nc3nc(cc(-c4c(C)cccc4C)n3)OC[C@H]1CC(C)C)C2. The van der Waals surface area contributed by atoms with E-state index in [2.05, 4.69) is 46.4 Å². The van der Waals surface area contributed by atoms with Crippen LogP contribution < -0.4 is 9.46 Å². The van der Waals surface area contributed by atoms with E-state index in [0.717, 1.165) is 61.5 Å². The van der Waals surface area contributed by atoms with Crippen LogP contribution in [0.15, 0.2) is 53.4 Å². The van der Waals surface area contributed by atoms with Crippen LogP contribution in [0.4, 0.5) is 5.95 Å². The summed E-state index contributed by atoms with van der Waals surface area (Å²) in [7, 11) is -3.93. The lowest BCUT2D eigenvalue weighted by atomic mass is 9.52. The number of likely N-dealkylation sites (tertiary alicyclic amines) is 1. The Morgan fingerprint density at radius 3 is 2.46 bits per heavy atom. The Hall–Kier alpha value is -3.01. The predicted molar refractivity (Wildman–Crippen MR) is 183 cm³/mol. The molecule has 46 heavy (non-hydrogen) atoms. The molecule has 0 radical (unpaired) electrons. The zero-order valence-corrected chi connectivity index (χ0v) is 28.9. The summed E-state index contributed by atoms with van der Waals surface area (Å²) >= 11 is 0. The summed E-state index contributed by atoms with van der Waals surface area (Å²) in [5.74, 6) is 1.76. The van der Waals surface area contributed by atoms with Crippen LogP contribution in [0.25, 0.3) is 11.3 Å². The highest BCUT2D eigenvalue weighted by Gasteiger charge is 2.50. The lowest BCUT2D eigenvalue weighted by molar-refractivity contribution is -0.0403. The molecule has 2 aromatic carbocycles. The first-order valence-electron chi connectivity index (χ1n) is 17.1. The van der Waals surface area contributed by atoms with E-state index in [1.54, 1.807) is 6.07 Å². The van der Waals surface area contributed by atoms with Gasteiger partial charge in [-0.1, -0.05) is 44.2 Å². The highest BCUT2D eigenvalue weighted by Crippen LogP contribution is 2.59. The van der Waals surface area contributed by atoms with Crippen LogP contribution in [0.1, 0.15) is 75.5 Å². The second-order valence-corrected chi connectivity index (χ2v) is 16.0. The number of benzene rings is 2. The number of aryl methyl sites for hydroxylation is 2. The third kappa shape index (κ3) is 7.11. The van der Waals surface area contributed by atoms with Crippen LogP contribution in [0.2, 0.25) is 0 Å². The fraction of sp³-hybridized carbons (Fsp3) is 0.568. The molecule has 1 aliphatic carbocycles. The van der Waals surface area contributed by atoms with Crippen LogP contribution >= 0.6 is 0 Å². The molecule has 1 saturated carbocycles. The maximum atomic E-state index is 13.8. The summed E-state index contributed by atoms with van der Waals surface area (Å²) in [6.07, 6.45) is 5.77. The molecule has 2 aliphatic heterocycles. The van der Waals surface area contributed by atoms with Gasteiger partial charge in [0.2, 0.25) is 11.8 Å². The van der Waals surface area contributed by atoms with E-state index in [4.69, 9.17) is 9.47 Å². The zero-order valence-electron chi connectivity index (χ0n) is 28.1. The third-order valence-electron chi connectivity index (χ3n) is 10.5. The molecule has 2 atom stereocenters. The van der Waals surface area contributed by atoms with Crippen LogP contribution in [-0.2, 0) is 14.8 Å². The third-order valence-corrected chi connectivity index (χ3v) is 11.8. The van der Waals surface area contributed by atoms with E-state index in [-0.39, 0.29) is 22.7 Å². The maximum absolute atomic E-state index is 13.8. The van der Waals surface area contributed by atoms with Crippen molar-refractivity contribution in [1.82, 2.24) is 14.9 Å². The van der Waals surface area contributed by atoms with E-state index >= 15 is 0 Å². The largest absolute Gasteiger partial charge is 0.477 e. The van der Waals surface area contributed by atoms with Gasteiger partial charge in [-0.15, -0.1) is 0 Å². The number of aromatic nitrogens is 2. The Morgan fingerprint density at radius 1 is 1.04 bits per heavy atom. The number of sulfonamides is 1. The molecule has 8 nitrogen and oxygen atoms in total. The first kappa shape index (κ1) is 32.9. The van der Waals surface area contributed by atoms with Crippen LogP contribution in [0.5, 0.6) is 5.88 Å². The van der Waals surface area contributed by atoms with Gasteiger partial charge in [-0.25, -0.2) is 18.1 Å². The van der Waals surface area contributed by atoms with Gasteiger partial charge in [-0.05, 0) is 118 Å². The highest BCUT2D eigenvalue weighted by molar-refractivity contribution is 7.92. The molecule has 1 aromatic heterocycles. The van der Waals surface area contributed by atoms with Gasteiger partial charge in [0.05, 0.1) is 23.8 Å². The molecular formula is C37H50N4O4S. The van der Waals surface area contributed by atoms with E-state index in [0.29, 0.717) is 35.4 Å². The Kier molecular flexibility index (Phi) is 9.74. The molecule has 1 N–H and O–H groups in total. The lowest BCUT2D eigenvalue weighted by Gasteiger charge is -2.55. The van der Waals surface area contributed by atoms with Crippen LogP contribution in [-0.4, -0.2) is 62.7 Å². The molecule has 0 amide bonds. The number of nitrogens with zero attached hydrogens (tertiary/aromatic N) is 3. The van der Waals surface area contributed by atoms with E-state index < -0.39 is 10.0 Å². The molecular weight excluding hydrogens is 596 g/mol. The second-order valence-electron chi connectivity index (χ2n) is 14.3. The number of anilines is 1. The van der Waals surface area contributed by atoms with Crippen molar-refractivity contribution in [1.29, 1.82) is 0 Å². The van der Waals surface area contributed by atoms with Gasteiger partial charge < -0.3 is 14.4 Å². The van der Waals surface area contributed by atoms with Gasteiger partial charge in [0.25, 0.3) is 10.0 Å². The molecule has 248 valence electrons. The summed E-state index contributed by atoms with van der Waals surface area (Å²) in [6.45, 7) is 16.0. The van der Waals surface area contributed by atoms with Crippen molar-refractivity contribution in [3.8, 4) is 17.1 Å². The minimum atomic E-state index is -3.93. The summed E-state index contributed by atoms with van der Waals surface area (Å²) in [6, 6.07) is 15.5. The number of rotatable bonds is 8. The van der Waals surface area contributed by atoms with Crippen LogP contribution in [0.3, 0.4) is 0 Å². The Bertz CT molecular complexity index is 1610. The smallest absolute Gasteiger partial charge is 0.264 e. The summed E-state index contributed by atoms with van der Waals surface area (Å²) in [5, 5.41) is 0. The second kappa shape index (κ2) is 13.6. The predicted octanol–water partition coefficient (Wildman–Crippen LogP) is 7.23. The molecule has 3 aromatic rings. The normalized spacial score (nSPS) is 22.7. The number of hydrogen-bond acceptors (Lipinski definition) is 7. The van der Waals surface area contributed by atoms with Crippen molar-refractivity contribution in [2.45, 2.75) is 77.5 Å². The number of fused-ring (bicyclic) bond motifs is 4. The topological polar surface area (TPSA) is 93.7 Å².